The van der Waals surface area contributed by atoms with Crippen molar-refractivity contribution in [3.8, 4) is 17.2 Å². The van der Waals surface area contributed by atoms with Crippen LogP contribution in [-0.2, 0) is 6.61 Å². The van der Waals surface area contributed by atoms with Crippen LogP contribution in [0.5, 0.6) is 5.75 Å². The van der Waals surface area contributed by atoms with Crippen LogP contribution in [0.2, 0.25) is 5.02 Å². The molecule has 0 amide bonds. The summed E-state index contributed by atoms with van der Waals surface area (Å²) in [5, 5.41) is 15.0. The maximum absolute atomic E-state index is 10.6. The van der Waals surface area contributed by atoms with Crippen molar-refractivity contribution in [2.45, 2.75) is 6.61 Å². The summed E-state index contributed by atoms with van der Waals surface area (Å²) in [6.07, 6.45) is 0. The van der Waals surface area contributed by atoms with Crippen molar-refractivity contribution in [2.75, 3.05) is 0 Å². The summed E-state index contributed by atoms with van der Waals surface area (Å²) in [6, 6.07) is 12.8. The predicted molar refractivity (Wildman–Crippen MR) is 82.2 cm³/mol. The fourth-order valence-corrected chi connectivity index (χ4v) is 2.05. The molecule has 0 bridgehead atoms. The molecule has 0 aliphatic rings. The summed E-state index contributed by atoms with van der Waals surface area (Å²) >= 11 is 5.92. The van der Waals surface area contributed by atoms with E-state index in [2.05, 4.69) is 10.1 Å². The van der Waals surface area contributed by atoms with E-state index in [0.29, 0.717) is 28.1 Å². The van der Waals surface area contributed by atoms with Crippen LogP contribution in [0.3, 0.4) is 0 Å². The second-order valence-electron chi connectivity index (χ2n) is 4.57. The van der Waals surface area contributed by atoms with Gasteiger partial charge in [0.05, 0.1) is 4.92 Å². The van der Waals surface area contributed by atoms with Crippen molar-refractivity contribution >= 4 is 17.3 Å². The molecule has 0 fully saturated rings. The van der Waals surface area contributed by atoms with Gasteiger partial charge in [0, 0.05) is 22.7 Å². The second kappa shape index (κ2) is 6.45. The van der Waals surface area contributed by atoms with Crippen molar-refractivity contribution in [3.63, 3.8) is 0 Å². The highest BCUT2D eigenvalue weighted by Crippen LogP contribution is 2.22. The van der Waals surface area contributed by atoms with E-state index in [1.54, 1.807) is 24.3 Å². The summed E-state index contributed by atoms with van der Waals surface area (Å²) in [6.45, 7) is 0.0852. The molecule has 3 aromatic rings. The summed E-state index contributed by atoms with van der Waals surface area (Å²) in [7, 11) is 0. The molecule has 8 heteroatoms. The topological polar surface area (TPSA) is 91.3 Å². The first kappa shape index (κ1) is 15.0. The van der Waals surface area contributed by atoms with E-state index < -0.39 is 4.92 Å². The van der Waals surface area contributed by atoms with E-state index in [9.17, 15) is 10.1 Å². The van der Waals surface area contributed by atoms with E-state index in [0.717, 1.165) is 0 Å². The molecule has 0 unspecified atom stereocenters. The molecule has 0 atom stereocenters. The summed E-state index contributed by atoms with van der Waals surface area (Å²) in [4.78, 5) is 14.3. The molecule has 0 N–H and O–H groups in total. The molecule has 1 heterocycles. The number of aromatic nitrogens is 2. The van der Waals surface area contributed by atoms with Gasteiger partial charge in [-0.05, 0) is 30.3 Å². The number of nitrogens with zero attached hydrogens (tertiary/aromatic N) is 3. The minimum Gasteiger partial charge on any atom is -0.485 e. The Morgan fingerprint density at radius 3 is 2.70 bits per heavy atom. The molecule has 0 aliphatic carbocycles. The first-order chi connectivity index (χ1) is 11.1. The number of non-ortho nitro benzene ring substituents is 1. The standard InChI is InChI=1S/C15H10ClN3O4/c16-11-3-1-2-10(8-11)15-17-14(18-23-15)9-22-13-6-4-12(5-7-13)19(20)21/h1-8H,9H2. The molecule has 3 rings (SSSR count). The van der Waals surface area contributed by atoms with E-state index in [-0.39, 0.29) is 12.3 Å². The van der Waals surface area contributed by atoms with Gasteiger partial charge in [0.25, 0.3) is 11.6 Å². The zero-order valence-electron chi connectivity index (χ0n) is 11.7. The molecular weight excluding hydrogens is 322 g/mol. The number of nitro groups is 1. The van der Waals surface area contributed by atoms with Crippen LogP contribution >= 0.6 is 11.6 Å². The van der Waals surface area contributed by atoms with Gasteiger partial charge in [-0.3, -0.25) is 10.1 Å². The quantitative estimate of drug-likeness (QED) is 0.520. The van der Waals surface area contributed by atoms with Crippen molar-refractivity contribution < 1.29 is 14.2 Å². The minimum absolute atomic E-state index is 0.000142. The number of rotatable bonds is 5. The molecule has 116 valence electrons. The second-order valence-corrected chi connectivity index (χ2v) is 5.00. The van der Waals surface area contributed by atoms with E-state index in [1.165, 1.54) is 24.3 Å². The number of halogens is 1. The fraction of sp³-hybridized carbons (Fsp3) is 0.0667. The van der Waals surface area contributed by atoms with Gasteiger partial charge in [0.15, 0.2) is 6.61 Å². The van der Waals surface area contributed by atoms with Crippen LogP contribution in [0.1, 0.15) is 5.82 Å². The zero-order chi connectivity index (χ0) is 16.2. The SMILES string of the molecule is O=[N+]([O-])c1ccc(OCc2noc(-c3cccc(Cl)c3)n2)cc1. The van der Waals surface area contributed by atoms with Crippen LogP contribution in [0.25, 0.3) is 11.5 Å². The number of ether oxygens (including phenoxy) is 1. The Labute approximate surface area is 135 Å². The lowest BCUT2D eigenvalue weighted by Crippen LogP contribution is -1.97. The van der Waals surface area contributed by atoms with Gasteiger partial charge in [-0.25, -0.2) is 0 Å². The average molecular weight is 332 g/mol. The molecule has 0 saturated heterocycles. The van der Waals surface area contributed by atoms with Crippen LogP contribution < -0.4 is 4.74 Å². The number of benzene rings is 2. The Hall–Kier alpha value is -2.93. The largest absolute Gasteiger partial charge is 0.485 e. The van der Waals surface area contributed by atoms with Crippen molar-refractivity contribution in [3.05, 3.63) is 69.5 Å². The number of hydrogen-bond acceptors (Lipinski definition) is 6. The van der Waals surface area contributed by atoms with Gasteiger partial charge in [-0.2, -0.15) is 4.98 Å². The summed E-state index contributed by atoms with van der Waals surface area (Å²) in [5.41, 5.74) is 0.715. The number of nitro benzene ring substituents is 1. The summed E-state index contributed by atoms with van der Waals surface area (Å²) < 4.78 is 10.6. The lowest BCUT2D eigenvalue weighted by atomic mass is 10.2. The zero-order valence-corrected chi connectivity index (χ0v) is 12.4. The third kappa shape index (κ3) is 3.64. The van der Waals surface area contributed by atoms with Crippen molar-refractivity contribution in [1.29, 1.82) is 0 Å². The predicted octanol–water partition coefficient (Wildman–Crippen LogP) is 3.88. The van der Waals surface area contributed by atoms with Gasteiger partial charge in [0.1, 0.15) is 5.75 Å². The maximum atomic E-state index is 10.6. The van der Waals surface area contributed by atoms with Gasteiger partial charge < -0.3 is 9.26 Å². The smallest absolute Gasteiger partial charge is 0.269 e. The molecule has 0 saturated carbocycles. The van der Waals surface area contributed by atoms with Crippen LogP contribution in [0, 0.1) is 10.1 Å². The van der Waals surface area contributed by atoms with Gasteiger partial charge in [0.2, 0.25) is 5.82 Å². The van der Waals surface area contributed by atoms with Gasteiger partial charge in [-0.1, -0.05) is 22.8 Å². The van der Waals surface area contributed by atoms with E-state index in [1.807, 2.05) is 0 Å². The van der Waals surface area contributed by atoms with Crippen LogP contribution in [0.4, 0.5) is 5.69 Å². The molecular formula is C15H10ClN3O4. The van der Waals surface area contributed by atoms with Gasteiger partial charge >= 0.3 is 0 Å². The third-order valence-electron chi connectivity index (χ3n) is 2.96. The van der Waals surface area contributed by atoms with Crippen molar-refractivity contribution in [1.82, 2.24) is 10.1 Å². The highest BCUT2D eigenvalue weighted by atomic mass is 35.5. The molecule has 23 heavy (non-hydrogen) atoms. The molecule has 0 spiro atoms. The van der Waals surface area contributed by atoms with Crippen LogP contribution in [0.15, 0.2) is 53.1 Å². The van der Waals surface area contributed by atoms with E-state index >= 15 is 0 Å². The molecule has 0 radical (unpaired) electrons. The van der Waals surface area contributed by atoms with Gasteiger partial charge in [-0.15, -0.1) is 0 Å². The normalized spacial score (nSPS) is 10.5. The average Bonchev–Trinajstić information content (AvgIpc) is 3.02. The lowest BCUT2D eigenvalue weighted by Gasteiger charge is -2.02. The Kier molecular flexibility index (Phi) is 4.20. The first-order valence-corrected chi connectivity index (χ1v) is 6.95. The first-order valence-electron chi connectivity index (χ1n) is 6.57. The fourth-order valence-electron chi connectivity index (χ4n) is 1.86. The third-order valence-corrected chi connectivity index (χ3v) is 3.19. The highest BCUT2D eigenvalue weighted by Gasteiger charge is 2.10. The highest BCUT2D eigenvalue weighted by molar-refractivity contribution is 6.30. The summed E-state index contributed by atoms with van der Waals surface area (Å²) in [5.74, 6) is 1.18. The lowest BCUT2D eigenvalue weighted by molar-refractivity contribution is -0.384. The van der Waals surface area contributed by atoms with Crippen molar-refractivity contribution in [2.24, 2.45) is 0 Å². The molecule has 7 nitrogen and oxygen atoms in total. The Morgan fingerprint density at radius 1 is 1.22 bits per heavy atom. The monoisotopic (exact) mass is 331 g/mol. The molecule has 1 aromatic heterocycles. The Morgan fingerprint density at radius 2 is 2.00 bits per heavy atom. The van der Waals surface area contributed by atoms with E-state index in [4.69, 9.17) is 20.9 Å². The Balaban J connectivity index is 1.66. The Bertz CT molecular complexity index is 833. The number of hydrogen-bond donors (Lipinski definition) is 0. The molecule has 0 aliphatic heterocycles. The van der Waals surface area contributed by atoms with Crippen LogP contribution in [-0.4, -0.2) is 15.1 Å². The molecule has 2 aromatic carbocycles. The minimum atomic E-state index is -0.472. The maximum Gasteiger partial charge on any atom is 0.269 e.